The maximum atomic E-state index is 11.4. The SMILES string of the molecule is COC(C)(C)C(=O)NCCCN=[N+]=[N-]. The summed E-state index contributed by atoms with van der Waals surface area (Å²) in [6.45, 7) is 4.26. The van der Waals surface area contributed by atoms with E-state index < -0.39 is 5.60 Å². The molecule has 14 heavy (non-hydrogen) atoms. The van der Waals surface area contributed by atoms with Gasteiger partial charge in [0.05, 0.1) is 0 Å². The maximum absolute atomic E-state index is 11.4. The Morgan fingerprint density at radius 1 is 1.64 bits per heavy atom. The molecule has 0 bridgehead atoms. The van der Waals surface area contributed by atoms with Crippen molar-refractivity contribution in [2.75, 3.05) is 20.2 Å². The molecule has 0 aromatic rings. The van der Waals surface area contributed by atoms with Crippen LogP contribution < -0.4 is 5.32 Å². The number of carbonyl (C=O) groups is 1. The van der Waals surface area contributed by atoms with Gasteiger partial charge in [-0.1, -0.05) is 5.11 Å². The predicted molar refractivity (Wildman–Crippen MR) is 52.7 cm³/mol. The summed E-state index contributed by atoms with van der Waals surface area (Å²) in [7, 11) is 1.49. The second kappa shape index (κ2) is 6.23. The van der Waals surface area contributed by atoms with Gasteiger partial charge in [0, 0.05) is 25.1 Å². The van der Waals surface area contributed by atoms with Crippen LogP contribution in [0.4, 0.5) is 0 Å². The van der Waals surface area contributed by atoms with Crippen molar-refractivity contribution in [3.05, 3.63) is 10.4 Å². The lowest BCUT2D eigenvalue weighted by atomic mass is 10.1. The first-order chi connectivity index (χ1) is 6.54. The molecule has 0 aromatic carbocycles. The number of methoxy groups -OCH3 is 1. The molecule has 0 aliphatic carbocycles. The third kappa shape index (κ3) is 4.69. The molecule has 0 atom stereocenters. The predicted octanol–water partition coefficient (Wildman–Crippen LogP) is 1.23. The number of hydrogen-bond donors (Lipinski definition) is 1. The van der Waals surface area contributed by atoms with Crippen molar-refractivity contribution in [3.63, 3.8) is 0 Å². The van der Waals surface area contributed by atoms with E-state index in [4.69, 9.17) is 10.3 Å². The Morgan fingerprint density at radius 3 is 2.79 bits per heavy atom. The van der Waals surface area contributed by atoms with E-state index >= 15 is 0 Å². The normalized spacial score (nSPS) is 10.5. The second-order valence-corrected chi connectivity index (χ2v) is 3.28. The Hall–Kier alpha value is -1.26. The van der Waals surface area contributed by atoms with Crippen molar-refractivity contribution >= 4 is 5.91 Å². The highest BCUT2D eigenvalue weighted by Gasteiger charge is 2.25. The van der Waals surface area contributed by atoms with Gasteiger partial charge in [-0.25, -0.2) is 0 Å². The monoisotopic (exact) mass is 200 g/mol. The van der Waals surface area contributed by atoms with Gasteiger partial charge in [-0.05, 0) is 25.8 Å². The van der Waals surface area contributed by atoms with Crippen molar-refractivity contribution in [1.29, 1.82) is 0 Å². The van der Waals surface area contributed by atoms with E-state index in [0.29, 0.717) is 19.5 Å². The van der Waals surface area contributed by atoms with E-state index in [0.717, 1.165) is 0 Å². The zero-order valence-corrected chi connectivity index (χ0v) is 8.78. The zero-order valence-electron chi connectivity index (χ0n) is 8.78. The molecule has 0 unspecified atom stereocenters. The summed E-state index contributed by atoms with van der Waals surface area (Å²) in [5, 5.41) is 6.03. The van der Waals surface area contributed by atoms with E-state index in [1.165, 1.54) is 7.11 Å². The summed E-state index contributed by atoms with van der Waals surface area (Å²) in [5.74, 6) is -0.166. The molecule has 6 nitrogen and oxygen atoms in total. The average Bonchev–Trinajstić information content (AvgIpc) is 2.17. The first-order valence-corrected chi connectivity index (χ1v) is 4.39. The molecular weight excluding hydrogens is 184 g/mol. The minimum atomic E-state index is -0.807. The lowest BCUT2D eigenvalue weighted by Crippen LogP contribution is -2.43. The summed E-state index contributed by atoms with van der Waals surface area (Å²) in [6, 6.07) is 0. The molecule has 0 aliphatic heterocycles. The van der Waals surface area contributed by atoms with Crippen LogP contribution in [-0.4, -0.2) is 31.7 Å². The molecular formula is C8H16N4O2. The molecule has 0 aromatic heterocycles. The molecule has 0 rings (SSSR count). The molecule has 0 radical (unpaired) electrons. The van der Waals surface area contributed by atoms with E-state index in [1.54, 1.807) is 13.8 Å². The van der Waals surface area contributed by atoms with Crippen molar-refractivity contribution in [2.45, 2.75) is 25.9 Å². The highest BCUT2D eigenvalue weighted by atomic mass is 16.5. The summed E-state index contributed by atoms with van der Waals surface area (Å²) < 4.78 is 4.98. The van der Waals surface area contributed by atoms with E-state index in [-0.39, 0.29) is 5.91 Å². The van der Waals surface area contributed by atoms with Gasteiger partial charge < -0.3 is 10.1 Å². The van der Waals surface area contributed by atoms with Gasteiger partial charge in [-0.2, -0.15) is 0 Å². The van der Waals surface area contributed by atoms with Crippen LogP contribution in [0.5, 0.6) is 0 Å². The standard InChI is InChI=1S/C8H16N4O2/c1-8(2,14-3)7(13)10-5-4-6-11-12-9/h4-6H2,1-3H3,(H,10,13). The smallest absolute Gasteiger partial charge is 0.251 e. The molecule has 1 amide bonds. The van der Waals surface area contributed by atoms with Crippen LogP contribution in [0.3, 0.4) is 0 Å². The minimum Gasteiger partial charge on any atom is -0.369 e. The first kappa shape index (κ1) is 12.7. The molecule has 0 saturated heterocycles. The van der Waals surface area contributed by atoms with Gasteiger partial charge in [0.25, 0.3) is 5.91 Å². The summed E-state index contributed by atoms with van der Waals surface area (Å²) in [4.78, 5) is 14.0. The lowest BCUT2D eigenvalue weighted by molar-refractivity contribution is -0.139. The van der Waals surface area contributed by atoms with Crippen LogP contribution in [0.2, 0.25) is 0 Å². The van der Waals surface area contributed by atoms with Crippen molar-refractivity contribution in [2.24, 2.45) is 5.11 Å². The Labute approximate surface area is 83.3 Å². The number of nitrogens with one attached hydrogen (secondary N) is 1. The summed E-state index contributed by atoms with van der Waals surface area (Å²) in [5.41, 5.74) is 7.19. The van der Waals surface area contributed by atoms with Crippen LogP contribution >= 0.6 is 0 Å². The van der Waals surface area contributed by atoms with Gasteiger partial charge in [0.2, 0.25) is 0 Å². The highest BCUT2D eigenvalue weighted by molar-refractivity contribution is 5.84. The van der Waals surface area contributed by atoms with E-state index in [2.05, 4.69) is 15.3 Å². The minimum absolute atomic E-state index is 0.166. The lowest BCUT2D eigenvalue weighted by Gasteiger charge is -2.21. The van der Waals surface area contributed by atoms with Crippen LogP contribution in [0, 0.1) is 0 Å². The van der Waals surface area contributed by atoms with Crippen molar-refractivity contribution in [1.82, 2.24) is 5.32 Å². The Balaban J connectivity index is 3.69. The third-order valence-electron chi connectivity index (χ3n) is 1.84. The van der Waals surface area contributed by atoms with Gasteiger partial charge in [0.1, 0.15) is 5.60 Å². The Bertz CT molecular complexity index is 233. The van der Waals surface area contributed by atoms with Gasteiger partial charge in [-0.3, -0.25) is 4.79 Å². The maximum Gasteiger partial charge on any atom is 0.251 e. The number of carbonyl (C=O) groups excluding carboxylic acids is 1. The average molecular weight is 200 g/mol. The Kier molecular flexibility index (Phi) is 5.67. The third-order valence-corrected chi connectivity index (χ3v) is 1.84. The number of hydrogen-bond acceptors (Lipinski definition) is 3. The molecule has 0 heterocycles. The molecule has 6 heteroatoms. The highest BCUT2D eigenvalue weighted by Crippen LogP contribution is 2.06. The fourth-order valence-corrected chi connectivity index (χ4v) is 0.702. The zero-order chi connectivity index (χ0) is 11.0. The van der Waals surface area contributed by atoms with Crippen molar-refractivity contribution < 1.29 is 9.53 Å². The number of azide groups is 1. The van der Waals surface area contributed by atoms with Crippen LogP contribution in [-0.2, 0) is 9.53 Å². The van der Waals surface area contributed by atoms with Gasteiger partial charge in [-0.15, -0.1) is 0 Å². The molecule has 1 N–H and O–H groups in total. The van der Waals surface area contributed by atoms with Crippen LogP contribution in [0.25, 0.3) is 10.4 Å². The van der Waals surface area contributed by atoms with Crippen LogP contribution in [0.1, 0.15) is 20.3 Å². The van der Waals surface area contributed by atoms with Gasteiger partial charge >= 0.3 is 0 Å². The summed E-state index contributed by atoms with van der Waals surface area (Å²) in [6.07, 6.45) is 0.635. The van der Waals surface area contributed by atoms with E-state index in [9.17, 15) is 4.79 Å². The fourth-order valence-electron chi connectivity index (χ4n) is 0.702. The molecule has 0 spiro atoms. The molecule has 0 saturated carbocycles. The molecule has 0 aliphatic rings. The van der Waals surface area contributed by atoms with Gasteiger partial charge in [0.15, 0.2) is 0 Å². The quantitative estimate of drug-likeness (QED) is 0.302. The fraction of sp³-hybridized carbons (Fsp3) is 0.875. The number of amides is 1. The number of rotatable bonds is 6. The van der Waals surface area contributed by atoms with E-state index in [1.807, 2.05) is 0 Å². The molecule has 0 fully saturated rings. The van der Waals surface area contributed by atoms with Crippen molar-refractivity contribution in [3.8, 4) is 0 Å². The number of ether oxygens (including phenoxy) is 1. The largest absolute Gasteiger partial charge is 0.369 e. The molecule has 80 valence electrons. The topological polar surface area (TPSA) is 87.1 Å². The second-order valence-electron chi connectivity index (χ2n) is 3.28. The Morgan fingerprint density at radius 2 is 2.29 bits per heavy atom. The van der Waals surface area contributed by atoms with Crippen LogP contribution in [0.15, 0.2) is 5.11 Å². The first-order valence-electron chi connectivity index (χ1n) is 4.39. The number of nitrogens with zero attached hydrogens (tertiary/aromatic N) is 3. The summed E-state index contributed by atoms with van der Waals surface area (Å²) >= 11 is 0.